The van der Waals surface area contributed by atoms with E-state index in [1.165, 1.54) is 0 Å². The Bertz CT molecular complexity index is 364. The van der Waals surface area contributed by atoms with Crippen LogP contribution in [0.3, 0.4) is 0 Å². The summed E-state index contributed by atoms with van der Waals surface area (Å²) in [6.07, 6.45) is 2.22. The molecule has 0 saturated carbocycles. The quantitative estimate of drug-likeness (QED) is 0.826. The second kappa shape index (κ2) is 5.82. The van der Waals surface area contributed by atoms with Crippen molar-refractivity contribution in [2.24, 2.45) is 0 Å². The molecule has 0 spiro atoms. The third kappa shape index (κ3) is 3.56. The Kier molecular flexibility index (Phi) is 4.14. The van der Waals surface area contributed by atoms with Crippen molar-refractivity contribution >= 4 is 5.95 Å². The zero-order chi connectivity index (χ0) is 12.1. The Morgan fingerprint density at radius 3 is 2.88 bits per heavy atom. The maximum atomic E-state index is 5.41. The molecule has 0 bridgehead atoms. The molecule has 1 aliphatic heterocycles. The average molecular weight is 236 g/mol. The summed E-state index contributed by atoms with van der Waals surface area (Å²) in [6, 6.07) is 2.32. The number of aromatic nitrogens is 2. The minimum atomic E-state index is 0.465. The minimum absolute atomic E-state index is 0.465. The van der Waals surface area contributed by atoms with Crippen LogP contribution in [0.15, 0.2) is 6.07 Å². The summed E-state index contributed by atoms with van der Waals surface area (Å²) in [6.45, 7) is 6.65. The van der Waals surface area contributed by atoms with E-state index in [0.717, 1.165) is 31.6 Å². The van der Waals surface area contributed by atoms with Crippen LogP contribution in [0.2, 0.25) is 0 Å². The SMILES string of the molecule is CCOc1cc(C)nc(NC2CCNCC2)n1. The van der Waals surface area contributed by atoms with Crippen molar-refractivity contribution in [3.63, 3.8) is 0 Å². The summed E-state index contributed by atoms with van der Waals surface area (Å²) in [7, 11) is 0. The summed E-state index contributed by atoms with van der Waals surface area (Å²) in [5.41, 5.74) is 0.930. The van der Waals surface area contributed by atoms with Crippen LogP contribution < -0.4 is 15.4 Å². The lowest BCUT2D eigenvalue weighted by Crippen LogP contribution is -2.35. The average Bonchev–Trinajstić information content (AvgIpc) is 2.30. The third-order valence-corrected chi connectivity index (χ3v) is 2.80. The predicted molar refractivity (Wildman–Crippen MR) is 67.5 cm³/mol. The second-order valence-electron chi connectivity index (χ2n) is 4.27. The Balaban J connectivity index is 2.03. The molecule has 2 N–H and O–H groups in total. The first kappa shape index (κ1) is 12.1. The molecule has 0 unspecified atom stereocenters. The van der Waals surface area contributed by atoms with Gasteiger partial charge in [-0.25, -0.2) is 4.98 Å². The molecule has 0 aliphatic carbocycles. The molecule has 1 aromatic heterocycles. The lowest BCUT2D eigenvalue weighted by atomic mass is 10.1. The second-order valence-corrected chi connectivity index (χ2v) is 4.27. The van der Waals surface area contributed by atoms with Crippen molar-refractivity contribution in [3.05, 3.63) is 11.8 Å². The first-order valence-corrected chi connectivity index (χ1v) is 6.23. The van der Waals surface area contributed by atoms with E-state index in [2.05, 4.69) is 20.6 Å². The zero-order valence-corrected chi connectivity index (χ0v) is 10.5. The maximum Gasteiger partial charge on any atom is 0.226 e. The van der Waals surface area contributed by atoms with Gasteiger partial charge >= 0.3 is 0 Å². The summed E-state index contributed by atoms with van der Waals surface area (Å²) >= 11 is 0. The van der Waals surface area contributed by atoms with Crippen molar-refractivity contribution in [2.75, 3.05) is 25.0 Å². The molecule has 0 radical (unpaired) electrons. The van der Waals surface area contributed by atoms with E-state index in [1.54, 1.807) is 0 Å². The Hall–Kier alpha value is -1.36. The van der Waals surface area contributed by atoms with Gasteiger partial charge in [0.25, 0.3) is 0 Å². The number of ether oxygens (including phenoxy) is 1. The highest BCUT2D eigenvalue weighted by Crippen LogP contribution is 2.14. The van der Waals surface area contributed by atoms with Crippen LogP contribution in [0.4, 0.5) is 5.95 Å². The van der Waals surface area contributed by atoms with E-state index >= 15 is 0 Å². The van der Waals surface area contributed by atoms with Gasteiger partial charge in [-0.1, -0.05) is 0 Å². The van der Waals surface area contributed by atoms with Gasteiger partial charge in [0.2, 0.25) is 11.8 Å². The molecule has 0 aromatic carbocycles. The molecule has 2 rings (SSSR count). The topological polar surface area (TPSA) is 59.1 Å². The number of piperidine rings is 1. The van der Waals surface area contributed by atoms with E-state index in [9.17, 15) is 0 Å². The minimum Gasteiger partial charge on any atom is -0.478 e. The number of aryl methyl sites for hydroxylation is 1. The lowest BCUT2D eigenvalue weighted by Gasteiger charge is -2.23. The Morgan fingerprint density at radius 2 is 2.18 bits per heavy atom. The highest BCUT2D eigenvalue weighted by atomic mass is 16.5. The molecule has 1 aliphatic rings. The van der Waals surface area contributed by atoms with Gasteiger partial charge in [-0.15, -0.1) is 0 Å². The highest BCUT2D eigenvalue weighted by molar-refractivity contribution is 5.31. The first-order chi connectivity index (χ1) is 8.28. The molecule has 0 amide bonds. The molecule has 1 fully saturated rings. The maximum absolute atomic E-state index is 5.41. The van der Waals surface area contributed by atoms with Crippen LogP contribution in [0.5, 0.6) is 5.88 Å². The first-order valence-electron chi connectivity index (χ1n) is 6.23. The van der Waals surface area contributed by atoms with Gasteiger partial charge in [-0.2, -0.15) is 4.98 Å². The molecule has 5 nitrogen and oxygen atoms in total. The van der Waals surface area contributed by atoms with E-state index in [1.807, 2.05) is 19.9 Å². The van der Waals surface area contributed by atoms with Crippen LogP contribution in [-0.2, 0) is 0 Å². The summed E-state index contributed by atoms with van der Waals surface area (Å²) in [5.74, 6) is 1.33. The van der Waals surface area contributed by atoms with Crippen LogP contribution in [-0.4, -0.2) is 35.7 Å². The van der Waals surface area contributed by atoms with Gasteiger partial charge < -0.3 is 15.4 Å². The van der Waals surface area contributed by atoms with E-state index in [-0.39, 0.29) is 0 Å². The number of anilines is 1. The van der Waals surface area contributed by atoms with Crippen molar-refractivity contribution in [1.82, 2.24) is 15.3 Å². The highest BCUT2D eigenvalue weighted by Gasteiger charge is 2.14. The smallest absolute Gasteiger partial charge is 0.226 e. The fraction of sp³-hybridized carbons (Fsp3) is 0.667. The fourth-order valence-electron chi connectivity index (χ4n) is 1.97. The Labute approximate surface area is 102 Å². The van der Waals surface area contributed by atoms with E-state index in [0.29, 0.717) is 24.5 Å². The van der Waals surface area contributed by atoms with E-state index in [4.69, 9.17) is 4.74 Å². The van der Waals surface area contributed by atoms with Gasteiger partial charge in [0.1, 0.15) is 0 Å². The van der Waals surface area contributed by atoms with Gasteiger partial charge in [-0.3, -0.25) is 0 Å². The summed E-state index contributed by atoms with van der Waals surface area (Å²) < 4.78 is 5.41. The van der Waals surface area contributed by atoms with E-state index < -0.39 is 0 Å². The largest absolute Gasteiger partial charge is 0.478 e. The van der Waals surface area contributed by atoms with Crippen molar-refractivity contribution in [3.8, 4) is 5.88 Å². The van der Waals surface area contributed by atoms with Gasteiger partial charge in [0, 0.05) is 17.8 Å². The van der Waals surface area contributed by atoms with Crippen LogP contribution in [0, 0.1) is 6.92 Å². The predicted octanol–water partition coefficient (Wildman–Crippen LogP) is 1.35. The molecule has 1 saturated heterocycles. The fourth-order valence-corrected chi connectivity index (χ4v) is 1.97. The summed E-state index contributed by atoms with van der Waals surface area (Å²) in [4.78, 5) is 8.74. The summed E-state index contributed by atoms with van der Waals surface area (Å²) in [5, 5.41) is 6.72. The van der Waals surface area contributed by atoms with Gasteiger partial charge in [0.05, 0.1) is 6.61 Å². The number of rotatable bonds is 4. The molecular weight excluding hydrogens is 216 g/mol. The molecule has 1 aromatic rings. The Morgan fingerprint density at radius 1 is 1.41 bits per heavy atom. The lowest BCUT2D eigenvalue weighted by molar-refractivity contribution is 0.326. The normalized spacial score (nSPS) is 16.8. The third-order valence-electron chi connectivity index (χ3n) is 2.80. The molecule has 2 heterocycles. The van der Waals surface area contributed by atoms with Gasteiger partial charge in [0.15, 0.2) is 0 Å². The number of hydrogen-bond acceptors (Lipinski definition) is 5. The van der Waals surface area contributed by atoms with Crippen LogP contribution >= 0.6 is 0 Å². The van der Waals surface area contributed by atoms with Crippen molar-refractivity contribution in [1.29, 1.82) is 0 Å². The zero-order valence-electron chi connectivity index (χ0n) is 10.5. The van der Waals surface area contributed by atoms with Gasteiger partial charge in [-0.05, 0) is 39.8 Å². The van der Waals surface area contributed by atoms with Crippen LogP contribution in [0.25, 0.3) is 0 Å². The molecule has 17 heavy (non-hydrogen) atoms. The van der Waals surface area contributed by atoms with Crippen molar-refractivity contribution < 1.29 is 4.74 Å². The number of nitrogens with zero attached hydrogens (tertiary/aromatic N) is 2. The molecular formula is C12H20N4O. The molecule has 5 heteroatoms. The number of hydrogen-bond donors (Lipinski definition) is 2. The van der Waals surface area contributed by atoms with Crippen LogP contribution in [0.1, 0.15) is 25.5 Å². The standard InChI is InChI=1S/C12H20N4O/c1-3-17-11-8-9(2)14-12(16-11)15-10-4-6-13-7-5-10/h8,10,13H,3-7H2,1-2H3,(H,14,15,16). The number of nitrogens with one attached hydrogen (secondary N) is 2. The molecule has 0 atom stereocenters. The monoisotopic (exact) mass is 236 g/mol. The molecule has 94 valence electrons. The van der Waals surface area contributed by atoms with Crippen molar-refractivity contribution in [2.45, 2.75) is 32.7 Å².